The van der Waals surface area contributed by atoms with Crippen molar-refractivity contribution in [1.29, 1.82) is 0 Å². The SMILES string of the molecule is O=C(N[C@@H](CC1(CCNC(=O)C(F)(F)F)OCCCO1)c1ccccc1)OCc1ccccc1. The molecule has 2 amide bonds. The molecule has 2 aromatic rings. The van der Waals surface area contributed by atoms with Crippen LogP contribution in [0.2, 0.25) is 0 Å². The predicted octanol–water partition coefficient (Wildman–Crippen LogP) is 4.25. The minimum Gasteiger partial charge on any atom is -0.445 e. The van der Waals surface area contributed by atoms with Crippen molar-refractivity contribution in [3.8, 4) is 0 Å². The standard InChI is InChI=1S/C24H27F3N2O5/c25-24(26,27)21(30)28-13-12-23(33-14-7-15-34-23)16-20(19-10-5-2-6-11-19)29-22(31)32-17-18-8-3-1-4-9-18/h1-6,8-11,20H,7,12-17H2,(H,28,30)(H,29,31)/t20-/m0/s1. The van der Waals surface area contributed by atoms with Crippen molar-refractivity contribution in [2.24, 2.45) is 0 Å². The van der Waals surface area contributed by atoms with Crippen molar-refractivity contribution in [3.63, 3.8) is 0 Å². The third-order valence-corrected chi connectivity index (χ3v) is 5.29. The highest BCUT2D eigenvalue weighted by atomic mass is 19.4. The van der Waals surface area contributed by atoms with Crippen molar-refractivity contribution in [2.75, 3.05) is 19.8 Å². The Bertz CT molecular complexity index is 919. The highest BCUT2D eigenvalue weighted by Gasteiger charge is 2.41. The second-order valence-electron chi connectivity index (χ2n) is 7.84. The third kappa shape index (κ3) is 7.74. The molecule has 2 aromatic carbocycles. The number of ether oxygens (including phenoxy) is 3. The Morgan fingerprint density at radius 2 is 1.62 bits per heavy atom. The monoisotopic (exact) mass is 480 g/mol. The molecule has 1 aliphatic rings. The number of amides is 2. The highest BCUT2D eigenvalue weighted by molar-refractivity contribution is 5.81. The maximum Gasteiger partial charge on any atom is 0.471 e. The van der Waals surface area contributed by atoms with E-state index in [9.17, 15) is 22.8 Å². The summed E-state index contributed by atoms with van der Waals surface area (Å²) in [6.07, 6.45) is -4.93. The lowest BCUT2D eigenvalue weighted by molar-refractivity contribution is -0.275. The van der Waals surface area contributed by atoms with Crippen molar-refractivity contribution in [3.05, 3.63) is 71.8 Å². The highest BCUT2D eigenvalue weighted by Crippen LogP contribution is 2.33. The average Bonchev–Trinajstić information content (AvgIpc) is 2.83. The first-order valence-corrected chi connectivity index (χ1v) is 10.9. The molecule has 2 N–H and O–H groups in total. The summed E-state index contributed by atoms with van der Waals surface area (Å²) >= 11 is 0. The van der Waals surface area contributed by atoms with Gasteiger partial charge in [-0.3, -0.25) is 4.79 Å². The summed E-state index contributed by atoms with van der Waals surface area (Å²) in [7, 11) is 0. The number of hydrogen-bond donors (Lipinski definition) is 2. The van der Waals surface area contributed by atoms with Crippen LogP contribution in [-0.4, -0.2) is 43.7 Å². The summed E-state index contributed by atoms with van der Waals surface area (Å²) in [5.41, 5.74) is 1.57. The fraction of sp³-hybridized carbons (Fsp3) is 0.417. The van der Waals surface area contributed by atoms with Gasteiger partial charge in [0.05, 0.1) is 19.3 Å². The van der Waals surface area contributed by atoms with Gasteiger partial charge in [0.2, 0.25) is 0 Å². The molecule has 1 saturated heterocycles. The van der Waals surface area contributed by atoms with Gasteiger partial charge in [-0.1, -0.05) is 60.7 Å². The summed E-state index contributed by atoms with van der Waals surface area (Å²) in [4.78, 5) is 23.8. The number of nitrogens with one attached hydrogen (secondary N) is 2. The first-order chi connectivity index (χ1) is 16.3. The Balaban J connectivity index is 1.69. The normalized spacial score (nSPS) is 16.3. The van der Waals surface area contributed by atoms with Gasteiger partial charge in [0.25, 0.3) is 0 Å². The maximum absolute atomic E-state index is 12.6. The molecule has 0 spiro atoms. The molecule has 0 bridgehead atoms. The van der Waals surface area contributed by atoms with Gasteiger partial charge >= 0.3 is 18.2 Å². The number of alkyl carbamates (subject to hydrolysis) is 1. The van der Waals surface area contributed by atoms with Crippen molar-refractivity contribution in [1.82, 2.24) is 10.6 Å². The molecule has 184 valence electrons. The number of benzene rings is 2. The first kappa shape index (κ1) is 25.5. The van der Waals surface area contributed by atoms with Gasteiger partial charge in [-0.05, 0) is 17.5 Å². The van der Waals surface area contributed by atoms with Crippen LogP contribution >= 0.6 is 0 Å². The van der Waals surface area contributed by atoms with E-state index in [1.807, 2.05) is 53.8 Å². The summed E-state index contributed by atoms with van der Waals surface area (Å²) in [6.45, 7) is 0.453. The number of carbonyl (C=O) groups excluding carboxylic acids is 2. The minimum atomic E-state index is -4.97. The molecule has 0 saturated carbocycles. The Morgan fingerprint density at radius 3 is 2.24 bits per heavy atom. The molecule has 0 aliphatic carbocycles. The van der Waals surface area contributed by atoms with Gasteiger partial charge in [-0.15, -0.1) is 0 Å². The average molecular weight is 480 g/mol. The molecular weight excluding hydrogens is 453 g/mol. The summed E-state index contributed by atoms with van der Waals surface area (Å²) in [5.74, 6) is -3.31. The van der Waals surface area contributed by atoms with Gasteiger partial charge in [0, 0.05) is 19.4 Å². The number of alkyl halides is 3. The summed E-state index contributed by atoms with van der Waals surface area (Å²) in [5, 5.41) is 4.66. The van der Waals surface area contributed by atoms with E-state index in [1.54, 1.807) is 12.1 Å². The van der Waals surface area contributed by atoms with Crippen LogP contribution in [0.25, 0.3) is 0 Å². The Labute approximate surface area is 195 Å². The molecule has 1 heterocycles. The van der Waals surface area contributed by atoms with Crippen LogP contribution in [0.15, 0.2) is 60.7 Å². The van der Waals surface area contributed by atoms with Crippen LogP contribution in [0.4, 0.5) is 18.0 Å². The lowest BCUT2D eigenvalue weighted by Crippen LogP contribution is -2.47. The van der Waals surface area contributed by atoms with Crippen molar-refractivity contribution in [2.45, 2.75) is 43.9 Å². The van der Waals surface area contributed by atoms with E-state index in [-0.39, 0.29) is 26.0 Å². The number of rotatable bonds is 9. The predicted molar refractivity (Wildman–Crippen MR) is 116 cm³/mol. The van der Waals surface area contributed by atoms with Crippen LogP contribution in [0.3, 0.4) is 0 Å². The molecule has 0 radical (unpaired) electrons. The van der Waals surface area contributed by atoms with Gasteiger partial charge in [0.15, 0.2) is 5.79 Å². The zero-order chi connectivity index (χ0) is 24.4. The fourth-order valence-corrected chi connectivity index (χ4v) is 3.60. The van der Waals surface area contributed by atoms with Gasteiger partial charge in [-0.25, -0.2) is 4.79 Å². The van der Waals surface area contributed by atoms with Gasteiger partial charge < -0.3 is 24.8 Å². The Kier molecular flexibility index (Phi) is 8.89. The molecular formula is C24H27F3N2O5. The van der Waals surface area contributed by atoms with E-state index >= 15 is 0 Å². The molecule has 1 atom stereocenters. The molecule has 1 fully saturated rings. The van der Waals surface area contributed by atoms with E-state index in [0.717, 1.165) is 11.1 Å². The minimum absolute atomic E-state index is 0.0289. The van der Waals surface area contributed by atoms with E-state index < -0.39 is 30.0 Å². The second kappa shape index (κ2) is 11.8. The summed E-state index contributed by atoms with van der Waals surface area (Å²) in [6, 6.07) is 17.6. The summed E-state index contributed by atoms with van der Waals surface area (Å²) < 4.78 is 54.7. The maximum atomic E-state index is 12.6. The number of carbonyl (C=O) groups is 2. The molecule has 1 aliphatic heterocycles. The van der Waals surface area contributed by atoms with Crippen LogP contribution in [0.1, 0.15) is 36.4 Å². The molecule has 34 heavy (non-hydrogen) atoms. The molecule has 3 rings (SSSR count). The lowest BCUT2D eigenvalue weighted by Gasteiger charge is -2.39. The van der Waals surface area contributed by atoms with E-state index in [2.05, 4.69) is 5.32 Å². The molecule has 10 heteroatoms. The van der Waals surface area contributed by atoms with E-state index in [0.29, 0.717) is 19.6 Å². The molecule has 0 unspecified atom stereocenters. The largest absolute Gasteiger partial charge is 0.471 e. The van der Waals surface area contributed by atoms with Gasteiger partial charge in [-0.2, -0.15) is 13.2 Å². The number of halogens is 3. The zero-order valence-electron chi connectivity index (χ0n) is 18.5. The lowest BCUT2D eigenvalue weighted by atomic mass is 9.95. The van der Waals surface area contributed by atoms with Crippen molar-refractivity contribution >= 4 is 12.0 Å². The first-order valence-electron chi connectivity index (χ1n) is 10.9. The zero-order valence-corrected chi connectivity index (χ0v) is 18.5. The van der Waals surface area contributed by atoms with Crippen LogP contribution < -0.4 is 10.6 Å². The van der Waals surface area contributed by atoms with E-state index in [1.165, 1.54) is 0 Å². The smallest absolute Gasteiger partial charge is 0.445 e. The van der Waals surface area contributed by atoms with Gasteiger partial charge in [0.1, 0.15) is 6.61 Å². The van der Waals surface area contributed by atoms with Crippen LogP contribution in [-0.2, 0) is 25.6 Å². The molecule has 7 nitrogen and oxygen atoms in total. The second-order valence-corrected chi connectivity index (χ2v) is 7.84. The topological polar surface area (TPSA) is 85.9 Å². The number of hydrogen-bond acceptors (Lipinski definition) is 5. The fourth-order valence-electron chi connectivity index (χ4n) is 3.60. The molecule has 0 aromatic heterocycles. The van der Waals surface area contributed by atoms with Crippen LogP contribution in [0, 0.1) is 0 Å². The third-order valence-electron chi connectivity index (χ3n) is 5.29. The van der Waals surface area contributed by atoms with Crippen LogP contribution in [0.5, 0.6) is 0 Å². The van der Waals surface area contributed by atoms with E-state index in [4.69, 9.17) is 14.2 Å². The quantitative estimate of drug-likeness (QED) is 0.561. The van der Waals surface area contributed by atoms with Crippen molar-refractivity contribution < 1.29 is 37.0 Å². The Hall–Kier alpha value is -3.11. The Morgan fingerprint density at radius 1 is 1.00 bits per heavy atom.